The summed E-state index contributed by atoms with van der Waals surface area (Å²) < 4.78 is 39.3. The van der Waals surface area contributed by atoms with Crippen LogP contribution in [0.4, 0.5) is 13.2 Å². The average molecular weight is 457 g/mol. The van der Waals surface area contributed by atoms with E-state index in [0.29, 0.717) is 18.2 Å². The molecule has 5 nitrogen and oxygen atoms in total. The molecule has 0 aliphatic heterocycles. The minimum Gasteiger partial charge on any atom is -0.376 e. The van der Waals surface area contributed by atoms with E-state index in [-0.39, 0.29) is 29.5 Å². The van der Waals surface area contributed by atoms with Crippen molar-refractivity contribution in [1.29, 1.82) is 5.26 Å². The normalized spacial score (nSPS) is 22.8. The number of halogens is 3. The second-order valence-electron chi connectivity index (χ2n) is 9.16. The Morgan fingerprint density at radius 2 is 1.61 bits per heavy atom. The number of nitriles is 1. The Morgan fingerprint density at radius 1 is 1.03 bits per heavy atom. The van der Waals surface area contributed by atoms with E-state index in [1.807, 2.05) is 17.0 Å². The number of carbonyl (C=O) groups is 1. The van der Waals surface area contributed by atoms with Gasteiger partial charge in [0.15, 0.2) is 5.60 Å². The maximum absolute atomic E-state index is 13.3. The Morgan fingerprint density at radius 3 is 2.12 bits per heavy atom. The van der Waals surface area contributed by atoms with Gasteiger partial charge in [-0.05, 0) is 75.3 Å². The number of carbonyl (C=O) groups excluding carboxylic acids is 1. The van der Waals surface area contributed by atoms with Gasteiger partial charge < -0.3 is 10.0 Å². The molecule has 0 unspecified atom stereocenters. The summed E-state index contributed by atoms with van der Waals surface area (Å²) in [7, 11) is 0. The van der Waals surface area contributed by atoms with E-state index in [9.17, 15) is 23.1 Å². The second kappa shape index (κ2) is 8.79. The molecule has 1 amide bonds. The van der Waals surface area contributed by atoms with Crippen LogP contribution < -0.4 is 0 Å². The lowest BCUT2D eigenvalue weighted by molar-refractivity contribution is -0.258. The van der Waals surface area contributed by atoms with Crippen molar-refractivity contribution >= 4 is 5.91 Å². The second-order valence-corrected chi connectivity index (χ2v) is 9.16. The maximum atomic E-state index is 13.3. The molecule has 0 radical (unpaired) electrons. The topological polar surface area (TPSA) is 77.2 Å². The molecule has 4 rings (SSSR count). The molecule has 2 fully saturated rings. The predicted molar refractivity (Wildman–Crippen MR) is 115 cm³/mol. The van der Waals surface area contributed by atoms with Crippen molar-refractivity contribution in [2.24, 2.45) is 0 Å². The maximum Gasteiger partial charge on any atom is 0.421 e. The third-order valence-electron chi connectivity index (χ3n) is 6.81. The molecule has 0 saturated heterocycles. The first-order valence-electron chi connectivity index (χ1n) is 11.2. The summed E-state index contributed by atoms with van der Waals surface area (Å²) in [4.78, 5) is 19.6. The molecule has 1 N–H and O–H groups in total. The van der Waals surface area contributed by atoms with Crippen LogP contribution in [0.1, 0.15) is 78.7 Å². The molecule has 2 aromatic rings. The molecule has 8 heteroatoms. The number of nitrogens with zero attached hydrogens (tertiary/aromatic N) is 3. The summed E-state index contributed by atoms with van der Waals surface area (Å²) in [5.74, 6) is 0.0679. The van der Waals surface area contributed by atoms with Gasteiger partial charge in [0.05, 0.1) is 0 Å². The summed E-state index contributed by atoms with van der Waals surface area (Å²) in [6.07, 6.45) is 0.390. The van der Waals surface area contributed by atoms with E-state index in [1.54, 1.807) is 6.07 Å². The first-order chi connectivity index (χ1) is 15.6. The fourth-order valence-corrected chi connectivity index (χ4v) is 4.62. The lowest BCUT2D eigenvalue weighted by Gasteiger charge is -2.37. The van der Waals surface area contributed by atoms with Gasteiger partial charge in [-0.25, -0.2) is 4.98 Å². The Labute approximate surface area is 190 Å². The SMILES string of the molecule is C[C@](O)(c1ccc(C(=O)N(C2CCC(c3cccc(C#N)n3)CC2)C2CC2)cc1)C(F)(F)F. The Balaban J connectivity index is 1.46. The van der Waals surface area contributed by atoms with Gasteiger partial charge in [0.25, 0.3) is 5.91 Å². The molecule has 0 bridgehead atoms. The van der Waals surface area contributed by atoms with Gasteiger partial charge in [-0.1, -0.05) is 18.2 Å². The monoisotopic (exact) mass is 457 g/mol. The highest BCUT2D eigenvalue weighted by atomic mass is 19.4. The third-order valence-corrected chi connectivity index (χ3v) is 6.81. The Kier molecular flexibility index (Phi) is 6.19. The molecular weight excluding hydrogens is 431 g/mol. The number of aromatic nitrogens is 1. The van der Waals surface area contributed by atoms with Crippen LogP contribution in [-0.4, -0.2) is 39.2 Å². The summed E-state index contributed by atoms with van der Waals surface area (Å²) >= 11 is 0. The zero-order chi connectivity index (χ0) is 23.8. The van der Waals surface area contributed by atoms with Gasteiger partial charge in [0, 0.05) is 29.3 Å². The van der Waals surface area contributed by atoms with E-state index in [2.05, 4.69) is 11.1 Å². The number of amides is 1. The van der Waals surface area contributed by atoms with Crippen molar-refractivity contribution in [3.63, 3.8) is 0 Å². The highest BCUT2D eigenvalue weighted by molar-refractivity contribution is 5.95. The lowest BCUT2D eigenvalue weighted by atomic mass is 9.83. The molecule has 1 aromatic carbocycles. The van der Waals surface area contributed by atoms with Crippen LogP contribution in [0.5, 0.6) is 0 Å². The van der Waals surface area contributed by atoms with E-state index >= 15 is 0 Å². The number of pyridine rings is 1. The number of alkyl halides is 3. The quantitative estimate of drug-likeness (QED) is 0.681. The first-order valence-corrected chi connectivity index (χ1v) is 11.2. The average Bonchev–Trinajstić information content (AvgIpc) is 3.64. The van der Waals surface area contributed by atoms with E-state index in [0.717, 1.165) is 44.2 Å². The van der Waals surface area contributed by atoms with Gasteiger partial charge in [-0.3, -0.25) is 4.79 Å². The molecule has 2 aliphatic rings. The van der Waals surface area contributed by atoms with Crippen LogP contribution in [0.15, 0.2) is 42.5 Å². The van der Waals surface area contributed by atoms with E-state index in [4.69, 9.17) is 5.26 Å². The molecule has 2 aliphatic carbocycles. The van der Waals surface area contributed by atoms with Crippen molar-refractivity contribution < 1.29 is 23.1 Å². The fourth-order valence-electron chi connectivity index (χ4n) is 4.62. The highest BCUT2D eigenvalue weighted by Crippen LogP contribution is 2.40. The van der Waals surface area contributed by atoms with Crippen molar-refractivity contribution in [3.05, 3.63) is 65.0 Å². The Bertz CT molecular complexity index is 1050. The molecule has 0 spiro atoms. The predicted octanol–water partition coefficient (Wildman–Crippen LogP) is 5.05. The minimum atomic E-state index is -4.81. The molecule has 33 heavy (non-hydrogen) atoms. The molecule has 1 atom stereocenters. The van der Waals surface area contributed by atoms with Crippen LogP contribution in [0.2, 0.25) is 0 Å². The van der Waals surface area contributed by atoms with Gasteiger partial charge >= 0.3 is 6.18 Å². The first kappa shape index (κ1) is 23.2. The molecule has 174 valence electrons. The third kappa shape index (κ3) is 4.74. The molecule has 1 heterocycles. The number of hydrogen-bond acceptors (Lipinski definition) is 4. The summed E-state index contributed by atoms with van der Waals surface area (Å²) in [6, 6.07) is 12.9. The van der Waals surface area contributed by atoms with Crippen LogP contribution >= 0.6 is 0 Å². The van der Waals surface area contributed by atoms with Crippen molar-refractivity contribution in [2.75, 3.05) is 0 Å². The van der Waals surface area contributed by atoms with E-state index in [1.165, 1.54) is 24.3 Å². The minimum absolute atomic E-state index is 0.0679. The van der Waals surface area contributed by atoms with Crippen LogP contribution in [0.3, 0.4) is 0 Å². The van der Waals surface area contributed by atoms with Crippen LogP contribution in [0, 0.1) is 11.3 Å². The summed E-state index contributed by atoms with van der Waals surface area (Å²) in [5.41, 5.74) is -1.63. The van der Waals surface area contributed by atoms with Gasteiger partial charge in [0.2, 0.25) is 0 Å². The zero-order valence-electron chi connectivity index (χ0n) is 18.3. The Hall–Kier alpha value is -2.92. The van der Waals surface area contributed by atoms with Crippen LogP contribution in [0.25, 0.3) is 0 Å². The number of rotatable bonds is 5. The number of benzene rings is 1. The van der Waals surface area contributed by atoms with Gasteiger partial charge in [0.1, 0.15) is 11.8 Å². The smallest absolute Gasteiger partial charge is 0.376 e. The summed E-state index contributed by atoms with van der Waals surface area (Å²) in [5, 5.41) is 19.0. The largest absolute Gasteiger partial charge is 0.421 e. The van der Waals surface area contributed by atoms with Crippen molar-refractivity contribution in [2.45, 2.75) is 75.2 Å². The number of hydrogen-bond donors (Lipinski definition) is 1. The fraction of sp³-hybridized carbons (Fsp3) is 0.480. The van der Waals surface area contributed by atoms with Gasteiger partial charge in [-0.2, -0.15) is 18.4 Å². The van der Waals surface area contributed by atoms with Crippen LogP contribution in [-0.2, 0) is 5.60 Å². The van der Waals surface area contributed by atoms with E-state index < -0.39 is 11.8 Å². The highest BCUT2D eigenvalue weighted by Gasteiger charge is 2.51. The van der Waals surface area contributed by atoms with Gasteiger partial charge in [-0.15, -0.1) is 0 Å². The molecule has 2 saturated carbocycles. The van der Waals surface area contributed by atoms with Crippen molar-refractivity contribution in [3.8, 4) is 6.07 Å². The summed E-state index contributed by atoms with van der Waals surface area (Å²) in [6.45, 7) is 0.708. The number of aliphatic hydroxyl groups is 1. The molecule has 1 aromatic heterocycles. The standard InChI is InChI=1S/C25H26F3N3O2/c1-24(33,25(26,27)28)18-9-5-17(6-10-18)23(32)31(21-13-14-21)20-11-7-16(8-12-20)22-4-2-3-19(15-29)30-22/h2-6,9-10,16,20-21,33H,7-8,11-14H2,1H3/t16?,20?,24-/m0/s1. The molecular formula is C25H26F3N3O2. The zero-order valence-corrected chi connectivity index (χ0v) is 18.3. The lowest BCUT2D eigenvalue weighted by Crippen LogP contribution is -2.44. The van der Waals surface area contributed by atoms with Crippen molar-refractivity contribution in [1.82, 2.24) is 9.88 Å².